The summed E-state index contributed by atoms with van der Waals surface area (Å²) < 4.78 is 0. The Balaban J connectivity index is 1.51. The van der Waals surface area contributed by atoms with Gasteiger partial charge in [-0.05, 0) is 104 Å². The first-order valence-corrected chi connectivity index (χ1v) is 13.5. The molecule has 0 bridgehead atoms. The van der Waals surface area contributed by atoms with Crippen LogP contribution in [0.15, 0.2) is 0 Å². The predicted molar refractivity (Wildman–Crippen MR) is 126 cm³/mol. The molecule has 4 aliphatic carbocycles. The van der Waals surface area contributed by atoms with Crippen molar-refractivity contribution < 1.29 is 30.6 Å². The van der Waals surface area contributed by atoms with E-state index in [1.165, 1.54) is 0 Å². The molecule has 0 heterocycles. The maximum Gasteiger partial charge on any atom is 0.0612 e. The molecule has 1 unspecified atom stereocenters. The molecular weight excluding hydrogens is 420 g/mol. The minimum Gasteiger partial charge on any atom is -0.396 e. The van der Waals surface area contributed by atoms with Crippen molar-refractivity contribution in [2.24, 2.45) is 52.3 Å². The zero-order valence-corrected chi connectivity index (χ0v) is 20.8. The van der Waals surface area contributed by atoms with E-state index in [2.05, 4.69) is 20.8 Å². The molecule has 192 valence electrons. The van der Waals surface area contributed by atoms with Crippen molar-refractivity contribution in [2.45, 2.75) is 103 Å². The minimum absolute atomic E-state index is 0.0862. The van der Waals surface area contributed by atoms with Crippen LogP contribution in [0.4, 0.5) is 0 Å². The lowest BCUT2D eigenvalue weighted by molar-refractivity contribution is -0.207. The van der Waals surface area contributed by atoms with Gasteiger partial charge in [0.25, 0.3) is 0 Å². The zero-order valence-electron chi connectivity index (χ0n) is 20.8. The Morgan fingerprint density at radius 3 is 2.24 bits per heavy atom. The van der Waals surface area contributed by atoms with Crippen LogP contribution in [0.5, 0.6) is 0 Å². The maximum absolute atomic E-state index is 11.6. The van der Waals surface area contributed by atoms with Crippen LogP contribution in [-0.4, -0.2) is 68.3 Å². The smallest absolute Gasteiger partial charge is 0.0612 e. The zero-order chi connectivity index (χ0) is 24.1. The van der Waals surface area contributed by atoms with Crippen LogP contribution in [0.25, 0.3) is 0 Å². The molecule has 0 amide bonds. The lowest BCUT2D eigenvalue weighted by Crippen LogP contribution is -2.62. The van der Waals surface area contributed by atoms with E-state index in [9.17, 15) is 30.6 Å². The van der Waals surface area contributed by atoms with Gasteiger partial charge in [0, 0.05) is 5.92 Å². The van der Waals surface area contributed by atoms with Gasteiger partial charge in [-0.3, -0.25) is 0 Å². The van der Waals surface area contributed by atoms with Crippen molar-refractivity contribution in [3.63, 3.8) is 0 Å². The molecule has 4 fully saturated rings. The minimum atomic E-state index is -0.716. The Bertz CT molecular complexity index is 669. The largest absolute Gasteiger partial charge is 0.396 e. The van der Waals surface area contributed by atoms with E-state index in [4.69, 9.17) is 0 Å². The summed E-state index contributed by atoms with van der Waals surface area (Å²) in [5, 5.41) is 62.4. The molecule has 0 radical (unpaired) electrons. The summed E-state index contributed by atoms with van der Waals surface area (Å²) in [4.78, 5) is 0. The Kier molecular flexibility index (Phi) is 7.57. The van der Waals surface area contributed by atoms with E-state index >= 15 is 0 Å². The molecule has 33 heavy (non-hydrogen) atoms. The predicted octanol–water partition coefficient (Wildman–Crippen LogP) is 2.33. The molecule has 0 aromatic carbocycles. The molecule has 0 saturated heterocycles. The topological polar surface area (TPSA) is 121 Å². The van der Waals surface area contributed by atoms with E-state index in [-0.39, 0.29) is 42.2 Å². The Hall–Kier alpha value is -0.240. The fraction of sp³-hybridized carbons (Fsp3) is 1.00. The van der Waals surface area contributed by atoms with Crippen molar-refractivity contribution in [3.05, 3.63) is 0 Å². The first kappa shape index (κ1) is 25.8. The second kappa shape index (κ2) is 9.67. The monoisotopic (exact) mass is 468 g/mol. The highest BCUT2D eigenvalue weighted by Gasteiger charge is 2.65. The average molecular weight is 469 g/mol. The van der Waals surface area contributed by atoms with Gasteiger partial charge in [0.05, 0.1) is 37.6 Å². The molecule has 6 nitrogen and oxygen atoms in total. The molecule has 4 aliphatic rings. The van der Waals surface area contributed by atoms with Gasteiger partial charge < -0.3 is 30.6 Å². The molecule has 6 heteroatoms. The number of hydrogen-bond donors (Lipinski definition) is 6. The fourth-order valence-electron chi connectivity index (χ4n) is 9.30. The first-order valence-electron chi connectivity index (χ1n) is 13.5. The molecule has 0 aromatic heterocycles. The van der Waals surface area contributed by atoms with Crippen LogP contribution in [0.1, 0.15) is 78.6 Å². The molecule has 0 aromatic rings. The average Bonchev–Trinajstić information content (AvgIpc) is 3.13. The van der Waals surface area contributed by atoms with E-state index in [1.807, 2.05) is 0 Å². The van der Waals surface area contributed by atoms with Gasteiger partial charge in [0.2, 0.25) is 0 Å². The Morgan fingerprint density at radius 2 is 1.58 bits per heavy atom. The first-order chi connectivity index (χ1) is 15.6. The van der Waals surface area contributed by atoms with Crippen LogP contribution in [0.3, 0.4) is 0 Å². The summed E-state index contributed by atoms with van der Waals surface area (Å²) in [5.74, 6) is 1.29. The summed E-state index contributed by atoms with van der Waals surface area (Å²) >= 11 is 0. The molecular formula is C27H48O6. The number of aliphatic hydroxyl groups excluding tert-OH is 6. The lowest BCUT2D eigenvalue weighted by atomic mass is 9.43. The Morgan fingerprint density at radius 1 is 0.879 bits per heavy atom. The second-order valence-corrected chi connectivity index (χ2v) is 12.8. The fourth-order valence-corrected chi connectivity index (χ4v) is 9.30. The summed E-state index contributed by atoms with van der Waals surface area (Å²) in [6.07, 6.45) is 5.77. The summed E-state index contributed by atoms with van der Waals surface area (Å²) in [6.45, 7) is 6.39. The number of aliphatic hydroxyl groups is 6. The van der Waals surface area contributed by atoms with Crippen LogP contribution in [0.2, 0.25) is 0 Å². The molecule has 12 atom stereocenters. The van der Waals surface area contributed by atoms with Crippen LogP contribution in [-0.2, 0) is 0 Å². The molecule has 4 saturated carbocycles. The Labute approximate surface area is 199 Å². The van der Waals surface area contributed by atoms with Crippen molar-refractivity contribution in [2.75, 3.05) is 13.2 Å². The number of fused-ring (bicyclic) bond motifs is 5. The molecule has 6 N–H and O–H groups in total. The van der Waals surface area contributed by atoms with Crippen molar-refractivity contribution in [1.82, 2.24) is 0 Å². The lowest BCUT2D eigenvalue weighted by Gasteiger charge is -2.63. The van der Waals surface area contributed by atoms with E-state index in [0.717, 1.165) is 51.4 Å². The van der Waals surface area contributed by atoms with Gasteiger partial charge in [0.1, 0.15) is 0 Å². The van der Waals surface area contributed by atoms with Crippen molar-refractivity contribution in [1.29, 1.82) is 0 Å². The number of hydrogen-bond acceptors (Lipinski definition) is 6. The van der Waals surface area contributed by atoms with Gasteiger partial charge in [-0.15, -0.1) is 0 Å². The standard InChI is InChI=1S/C27H48O6/c1-15(4-7-22(31)16(13-28)14-29)19-5-6-20-25-21(12-24(33)27(19,20)3)26(2)9-8-18(30)10-17(26)11-23(25)32/h15-25,28-33H,4-14H2,1-3H3/t15-,17?,18-,19-,20+,21+,22-,23-,24+,25+,26+,27-/m1/s1. The summed E-state index contributed by atoms with van der Waals surface area (Å²) in [7, 11) is 0. The van der Waals surface area contributed by atoms with E-state index in [0.29, 0.717) is 36.0 Å². The third kappa shape index (κ3) is 4.21. The highest BCUT2D eigenvalue weighted by molar-refractivity contribution is 5.14. The maximum atomic E-state index is 11.6. The van der Waals surface area contributed by atoms with Crippen molar-refractivity contribution in [3.8, 4) is 0 Å². The van der Waals surface area contributed by atoms with Gasteiger partial charge in [0.15, 0.2) is 0 Å². The van der Waals surface area contributed by atoms with Crippen LogP contribution >= 0.6 is 0 Å². The normalized spacial score (nSPS) is 49.3. The summed E-state index contributed by atoms with van der Waals surface area (Å²) in [6, 6.07) is 0. The van der Waals surface area contributed by atoms with E-state index in [1.54, 1.807) is 0 Å². The third-order valence-electron chi connectivity index (χ3n) is 11.5. The van der Waals surface area contributed by atoms with Gasteiger partial charge >= 0.3 is 0 Å². The van der Waals surface area contributed by atoms with Crippen LogP contribution in [0, 0.1) is 52.3 Å². The quantitative estimate of drug-likeness (QED) is 0.341. The second-order valence-electron chi connectivity index (χ2n) is 12.8. The van der Waals surface area contributed by atoms with Crippen molar-refractivity contribution >= 4 is 0 Å². The highest BCUT2D eigenvalue weighted by atomic mass is 16.3. The summed E-state index contributed by atoms with van der Waals surface area (Å²) in [5.41, 5.74) is -0.153. The van der Waals surface area contributed by atoms with E-state index < -0.39 is 18.1 Å². The highest BCUT2D eigenvalue weighted by Crippen LogP contribution is 2.68. The molecule has 4 rings (SSSR count). The molecule has 0 aliphatic heterocycles. The third-order valence-corrected chi connectivity index (χ3v) is 11.5. The van der Waals surface area contributed by atoms with Gasteiger partial charge in [-0.1, -0.05) is 20.8 Å². The molecule has 0 spiro atoms. The SMILES string of the molecule is C[C@H](CC[C@@H](O)C(CO)CO)[C@H]1CC[C@H]2[C@@H]3[C@H](O)CC4C[C@H](O)CC[C@]4(C)[C@H]3C[C@H](O)[C@]12C. The number of rotatable bonds is 7. The van der Waals surface area contributed by atoms with Gasteiger partial charge in [-0.25, -0.2) is 0 Å². The van der Waals surface area contributed by atoms with Crippen LogP contribution < -0.4 is 0 Å². The van der Waals surface area contributed by atoms with Gasteiger partial charge in [-0.2, -0.15) is 0 Å².